The monoisotopic (exact) mass is 216 g/mol. The molecular formula is C10H17Br. The van der Waals surface area contributed by atoms with Crippen molar-refractivity contribution in [2.45, 2.75) is 32.6 Å². The van der Waals surface area contributed by atoms with Gasteiger partial charge in [0.2, 0.25) is 0 Å². The highest BCUT2D eigenvalue weighted by atomic mass is 79.9. The summed E-state index contributed by atoms with van der Waals surface area (Å²) in [4.78, 5) is 0. The van der Waals surface area contributed by atoms with Gasteiger partial charge >= 0.3 is 0 Å². The maximum Gasteiger partial charge on any atom is 0.0241 e. The average molecular weight is 217 g/mol. The van der Waals surface area contributed by atoms with Gasteiger partial charge in [-0.2, -0.15) is 0 Å². The van der Waals surface area contributed by atoms with E-state index < -0.39 is 0 Å². The van der Waals surface area contributed by atoms with Crippen LogP contribution in [-0.4, -0.2) is 5.33 Å². The first kappa shape index (κ1) is 9.31. The van der Waals surface area contributed by atoms with Gasteiger partial charge in [-0.15, -0.1) is 0 Å². The van der Waals surface area contributed by atoms with Crippen LogP contribution < -0.4 is 0 Å². The van der Waals surface area contributed by atoms with E-state index in [1.807, 2.05) is 0 Å². The number of rotatable bonds is 2. The molecule has 0 spiro atoms. The maximum atomic E-state index is 4.08. The third-order valence-electron chi connectivity index (χ3n) is 2.76. The second kappa shape index (κ2) is 4.30. The maximum absolute atomic E-state index is 4.08. The normalized spacial score (nSPS) is 31.8. The predicted molar refractivity (Wildman–Crippen MR) is 54.1 cm³/mol. The Morgan fingerprint density at radius 1 is 1.36 bits per heavy atom. The minimum atomic E-state index is 0.811. The van der Waals surface area contributed by atoms with Crippen molar-refractivity contribution in [2.24, 2.45) is 11.8 Å². The van der Waals surface area contributed by atoms with Crippen LogP contribution in [0.3, 0.4) is 0 Å². The van der Waals surface area contributed by atoms with Crippen LogP contribution in [0.15, 0.2) is 12.2 Å². The lowest BCUT2D eigenvalue weighted by Crippen LogP contribution is -2.14. The average Bonchev–Trinajstić information content (AvgIpc) is 2.05. The van der Waals surface area contributed by atoms with Crippen molar-refractivity contribution >= 4 is 15.9 Å². The van der Waals surface area contributed by atoms with Gasteiger partial charge in [-0.3, -0.25) is 0 Å². The van der Waals surface area contributed by atoms with E-state index in [0.717, 1.165) is 17.2 Å². The summed E-state index contributed by atoms with van der Waals surface area (Å²) in [5.41, 5.74) is 1.40. The van der Waals surface area contributed by atoms with E-state index in [1.54, 1.807) is 0 Å². The number of halogens is 1. The summed E-state index contributed by atoms with van der Waals surface area (Å²) in [6.07, 6.45) is 5.53. The largest absolute Gasteiger partial charge is 0.0987 e. The minimum Gasteiger partial charge on any atom is -0.0987 e. The molecule has 0 saturated heterocycles. The Balaban J connectivity index is 2.33. The van der Waals surface area contributed by atoms with Gasteiger partial charge in [0.05, 0.1) is 0 Å². The van der Waals surface area contributed by atoms with Crippen LogP contribution in [-0.2, 0) is 0 Å². The van der Waals surface area contributed by atoms with Crippen LogP contribution >= 0.6 is 15.9 Å². The van der Waals surface area contributed by atoms with E-state index in [9.17, 15) is 0 Å². The van der Waals surface area contributed by atoms with Crippen LogP contribution in [0, 0.1) is 11.8 Å². The molecule has 0 atom stereocenters. The fourth-order valence-electron chi connectivity index (χ4n) is 1.78. The molecule has 0 aromatic heterocycles. The van der Waals surface area contributed by atoms with Gasteiger partial charge in [-0.25, -0.2) is 0 Å². The van der Waals surface area contributed by atoms with Crippen molar-refractivity contribution in [3.63, 3.8) is 0 Å². The Kier molecular flexibility index (Phi) is 3.64. The molecule has 0 bridgehead atoms. The number of hydrogen-bond acceptors (Lipinski definition) is 0. The van der Waals surface area contributed by atoms with Gasteiger partial charge in [-0.1, -0.05) is 47.8 Å². The number of hydrogen-bond donors (Lipinski definition) is 0. The summed E-state index contributed by atoms with van der Waals surface area (Å²) in [6.45, 7) is 6.43. The quantitative estimate of drug-likeness (QED) is 0.488. The molecule has 1 fully saturated rings. The molecule has 0 amide bonds. The molecule has 0 unspecified atom stereocenters. The molecule has 1 rings (SSSR count). The van der Waals surface area contributed by atoms with E-state index in [1.165, 1.54) is 31.3 Å². The summed E-state index contributed by atoms with van der Waals surface area (Å²) in [7, 11) is 0. The predicted octanol–water partition coefficient (Wildman–Crippen LogP) is 3.76. The topological polar surface area (TPSA) is 0 Å². The molecule has 64 valence electrons. The zero-order valence-electron chi connectivity index (χ0n) is 7.28. The van der Waals surface area contributed by atoms with Crippen LogP contribution in [0.4, 0.5) is 0 Å². The fourth-order valence-corrected chi connectivity index (χ4v) is 2.24. The van der Waals surface area contributed by atoms with Crippen LogP contribution in [0.2, 0.25) is 0 Å². The molecule has 0 radical (unpaired) electrons. The SMILES string of the molecule is C=C(CBr)C1CCC(C)CC1. The Bertz CT molecular complexity index is 132. The summed E-state index contributed by atoms with van der Waals surface area (Å²) >= 11 is 3.47. The number of alkyl halides is 1. The zero-order valence-corrected chi connectivity index (χ0v) is 8.86. The molecule has 0 aromatic carbocycles. The van der Waals surface area contributed by atoms with Gasteiger partial charge < -0.3 is 0 Å². The smallest absolute Gasteiger partial charge is 0.0241 e. The van der Waals surface area contributed by atoms with Gasteiger partial charge in [-0.05, 0) is 24.7 Å². The summed E-state index contributed by atoms with van der Waals surface area (Å²) < 4.78 is 0. The van der Waals surface area contributed by atoms with Crippen molar-refractivity contribution in [1.29, 1.82) is 0 Å². The third kappa shape index (κ3) is 2.62. The van der Waals surface area contributed by atoms with Crippen LogP contribution in [0.5, 0.6) is 0 Å². The Morgan fingerprint density at radius 3 is 2.36 bits per heavy atom. The molecule has 11 heavy (non-hydrogen) atoms. The molecule has 0 aromatic rings. The molecule has 1 heteroatoms. The van der Waals surface area contributed by atoms with Gasteiger partial charge in [0, 0.05) is 5.33 Å². The Hall–Kier alpha value is 0.220. The van der Waals surface area contributed by atoms with Crippen molar-refractivity contribution in [3.8, 4) is 0 Å². The second-order valence-corrected chi connectivity index (χ2v) is 4.31. The standard InChI is InChI=1S/C10H17Br/c1-8-3-5-10(6-4-8)9(2)7-11/h8,10H,2-7H2,1H3. The molecule has 0 N–H and O–H groups in total. The highest BCUT2D eigenvalue weighted by molar-refractivity contribution is 9.09. The first-order valence-electron chi connectivity index (χ1n) is 4.47. The first-order chi connectivity index (χ1) is 5.24. The molecule has 1 aliphatic carbocycles. The molecular weight excluding hydrogens is 200 g/mol. The van der Waals surface area contributed by atoms with E-state index >= 15 is 0 Å². The summed E-state index contributed by atoms with van der Waals surface area (Å²) in [5, 5.41) is 0.992. The van der Waals surface area contributed by atoms with E-state index in [0.29, 0.717) is 0 Å². The highest BCUT2D eigenvalue weighted by Gasteiger charge is 2.19. The molecule has 1 aliphatic rings. The van der Waals surface area contributed by atoms with Crippen molar-refractivity contribution in [3.05, 3.63) is 12.2 Å². The molecule has 0 heterocycles. The minimum absolute atomic E-state index is 0.811. The van der Waals surface area contributed by atoms with E-state index in [2.05, 4.69) is 29.4 Å². The molecule has 0 aliphatic heterocycles. The lowest BCUT2D eigenvalue weighted by Gasteiger charge is -2.26. The fraction of sp³-hybridized carbons (Fsp3) is 0.800. The van der Waals surface area contributed by atoms with E-state index in [4.69, 9.17) is 0 Å². The van der Waals surface area contributed by atoms with E-state index in [-0.39, 0.29) is 0 Å². The third-order valence-corrected chi connectivity index (χ3v) is 3.49. The van der Waals surface area contributed by atoms with Crippen LogP contribution in [0.1, 0.15) is 32.6 Å². The zero-order chi connectivity index (χ0) is 8.27. The second-order valence-electron chi connectivity index (χ2n) is 3.75. The van der Waals surface area contributed by atoms with Gasteiger partial charge in [0.25, 0.3) is 0 Å². The van der Waals surface area contributed by atoms with Crippen molar-refractivity contribution in [2.75, 3.05) is 5.33 Å². The molecule has 1 saturated carbocycles. The highest BCUT2D eigenvalue weighted by Crippen LogP contribution is 2.32. The summed E-state index contributed by atoms with van der Waals surface area (Å²) in [6, 6.07) is 0. The molecule has 0 nitrogen and oxygen atoms in total. The van der Waals surface area contributed by atoms with Crippen molar-refractivity contribution < 1.29 is 0 Å². The Morgan fingerprint density at radius 2 is 1.91 bits per heavy atom. The lowest BCUT2D eigenvalue weighted by molar-refractivity contribution is 0.321. The lowest BCUT2D eigenvalue weighted by atomic mass is 9.80. The van der Waals surface area contributed by atoms with Crippen molar-refractivity contribution in [1.82, 2.24) is 0 Å². The number of allylic oxidation sites excluding steroid dienone is 1. The first-order valence-corrected chi connectivity index (χ1v) is 5.59. The van der Waals surface area contributed by atoms with Gasteiger partial charge in [0.1, 0.15) is 0 Å². The summed E-state index contributed by atoms with van der Waals surface area (Å²) in [5.74, 6) is 1.76. The Labute approximate surface area is 78.2 Å². The van der Waals surface area contributed by atoms with Gasteiger partial charge in [0.15, 0.2) is 0 Å². The van der Waals surface area contributed by atoms with Crippen LogP contribution in [0.25, 0.3) is 0 Å².